The third-order valence-electron chi connectivity index (χ3n) is 7.01. The molecule has 44 heavy (non-hydrogen) atoms. The van der Waals surface area contributed by atoms with Gasteiger partial charge in [0.05, 0.1) is 0 Å². The lowest BCUT2D eigenvalue weighted by Crippen LogP contribution is -2.34. The average molecular weight is 600 g/mol. The molecule has 0 aliphatic carbocycles. The maximum Gasteiger partial charge on any atom is 0.260 e. The van der Waals surface area contributed by atoms with Crippen LogP contribution < -0.4 is 26.6 Å². The lowest BCUT2D eigenvalue weighted by Gasteiger charge is -2.24. The monoisotopic (exact) mass is 599 g/mol. The maximum atomic E-state index is 13.4. The van der Waals surface area contributed by atoms with E-state index in [0.29, 0.717) is 60.4 Å². The van der Waals surface area contributed by atoms with Crippen LogP contribution in [0.2, 0.25) is 0 Å². The van der Waals surface area contributed by atoms with Crippen LogP contribution in [0.4, 0.5) is 28.8 Å². The van der Waals surface area contributed by atoms with Crippen molar-refractivity contribution in [2.45, 2.75) is 19.8 Å². The van der Waals surface area contributed by atoms with Gasteiger partial charge in [0.15, 0.2) is 0 Å². The Morgan fingerprint density at radius 3 is 2.55 bits per heavy atom. The number of nitrogens with zero attached hydrogens (tertiary/aromatic N) is 5. The molecule has 0 spiro atoms. The van der Waals surface area contributed by atoms with Gasteiger partial charge in [0.25, 0.3) is 5.91 Å². The number of amides is 3. The highest BCUT2D eigenvalue weighted by atomic mass is 16.2. The van der Waals surface area contributed by atoms with Crippen molar-refractivity contribution in [3.8, 4) is 0 Å². The summed E-state index contributed by atoms with van der Waals surface area (Å²) in [6, 6.07) is 14.4. The first-order chi connectivity index (χ1) is 21.2. The summed E-state index contributed by atoms with van der Waals surface area (Å²) in [5, 5.41) is 9.30. The first-order valence-electron chi connectivity index (χ1n) is 14.8. The summed E-state index contributed by atoms with van der Waals surface area (Å²) < 4.78 is 0. The summed E-state index contributed by atoms with van der Waals surface area (Å²) in [7, 11) is 3.94. The van der Waals surface area contributed by atoms with Crippen molar-refractivity contribution in [1.82, 2.24) is 19.8 Å². The van der Waals surface area contributed by atoms with Crippen LogP contribution in [0.15, 0.2) is 66.9 Å². The van der Waals surface area contributed by atoms with E-state index in [4.69, 9.17) is 5.73 Å². The minimum absolute atomic E-state index is 0.0339. The Morgan fingerprint density at radius 1 is 1.02 bits per heavy atom. The van der Waals surface area contributed by atoms with Gasteiger partial charge in [-0.25, -0.2) is 4.98 Å². The molecule has 3 amide bonds. The standard InChI is InChI=1S/C32H41N9O3/c1-4-15-34-30-27(22-35-32(38-30)37-24-13-11-23(12-14-24)29(33)43)31(44)36-25-8-5-9-26(21-25)40-17-7-18-41(20-19-40)28(42)10-6-16-39(2)3/h5-6,8-14,21-22H,4,7,15-20H2,1-3H3,(H2,33,43)(H,36,44)(H2,34,35,37,38)/b10-6+. The molecule has 2 aromatic carbocycles. The van der Waals surface area contributed by atoms with E-state index in [1.165, 1.54) is 6.20 Å². The first-order valence-corrected chi connectivity index (χ1v) is 14.8. The minimum atomic E-state index is -0.506. The number of rotatable bonds is 12. The van der Waals surface area contributed by atoms with Gasteiger partial charge >= 0.3 is 0 Å². The number of benzene rings is 2. The summed E-state index contributed by atoms with van der Waals surface area (Å²) in [5.41, 5.74) is 8.33. The highest BCUT2D eigenvalue weighted by Gasteiger charge is 2.19. The van der Waals surface area contributed by atoms with Crippen LogP contribution in [0.5, 0.6) is 0 Å². The zero-order valence-corrected chi connectivity index (χ0v) is 25.5. The van der Waals surface area contributed by atoms with Crippen molar-refractivity contribution in [2.75, 3.05) is 74.2 Å². The van der Waals surface area contributed by atoms with E-state index < -0.39 is 5.91 Å². The molecule has 1 aromatic heterocycles. The molecule has 12 heteroatoms. The van der Waals surface area contributed by atoms with Gasteiger partial charge in [-0.15, -0.1) is 0 Å². The Balaban J connectivity index is 1.43. The Hall–Kier alpha value is -4.97. The van der Waals surface area contributed by atoms with Crippen LogP contribution in [0.3, 0.4) is 0 Å². The topological polar surface area (TPSA) is 149 Å². The second-order valence-electron chi connectivity index (χ2n) is 10.8. The second-order valence-corrected chi connectivity index (χ2v) is 10.8. The van der Waals surface area contributed by atoms with Crippen LogP contribution in [0.1, 0.15) is 40.5 Å². The molecule has 1 saturated heterocycles. The molecule has 5 N–H and O–H groups in total. The van der Waals surface area contributed by atoms with Crippen molar-refractivity contribution in [1.29, 1.82) is 0 Å². The van der Waals surface area contributed by atoms with E-state index in [0.717, 1.165) is 31.6 Å². The van der Waals surface area contributed by atoms with Gasteiger partial charge in [-0.2, -0.15) is 4.98 Å². The summed E-state index contributed by atoms with van der Waals surface area (Å²) >= 11 is 0. The summed E-state index contributed by atoms with van der Waals surface area (Å²) in [6.07, 6.45) is 6.72. The lowest BCUT2D eigenvalue weighted by molar-refractivity contribution is -0.125. The molecular formula is C32H41N9O3. The molecule has 1 aliphatic heterocycles. The van der Waals surface area contributed by atoms with Gasteiger partial charge in [0, 0.05) is 74.2 Å². The molecule has 0 saturated carbocycles. The van der Waals surface area contributed by atoms with Gasteiger partial charge in [-0.1, -0.05) is 19.1 Å². The van der Waals surface area contributed by atoms with E-state index in [2.05, 4.69) is 30.8 Å². The molecule has 3 aromatic rings. The average Bonchev–Trinajstić information content (AvgIpc) is 3.27. The Bertz CT molecular complexity index is 1470. The van der Waals surface area contributed by atoms with Crippen molar-refractivity contribution < 1.29 is 14.4 Å². The van der Waals surface area contributed by atoms with Crippen LogP contribution in [-0.4, -0.2) is 90.9 Å². The number of carbonyl (C=O) groups is 3. The number of carbonyl (C=O) groups excluding carboxylic acids is 3. The zero-order chi connectivity index (χ0) is 31.5. The highest BCUT2D eigenvalue weighted by molar-refractivity contribution is 6.07. The van der Waals surface area contributed by atoms with E-state index in [9.17, 15) is 14.4 Å². The van der Waals surface area contributed by atoms with Crippen LogP contribution in [-0.2, 0) is 4.79 Å². The zero-order valence-electron chi connectivity index (χ0n) is 25.5. The number of nitrogens with one attached hydrogen (secondary N) is 3. The van der Waals surface area contributed by atoms with E-state index in [1.54, 1.807) is 30.3 Å². The maximum absolute atomic E-state index is 13.4. The molecule has 232 valence electrons. The molecule has 0 radical (unpaired) electrons. The van der Waals surface area contributed by atoms with Crippen LogP contribution in [0.25, 0.3) is 0 Å². The Kier molecular flexibility index (Phi) is 11.2. The van der Waals surface area contributed by atoms with Crippen molar-refractivity contribution >= 4 is 46.5 Å². The van der Waals surface area contributed by atoms with Crippen molar-refractivity contribution in [3.63, 3.8) is 0 Å². The number of nitrogens with two attached hydrogens (primary N) is 1. The smallest absolute Gasteiger partial charge is 0.260 e. The van der Waals surface area contributed by atoms with Crippen molar-refractivity contribution in [3.05, 3.63) is 78.0 Å². The van der Waals surface area contributed by atoms with Gasteiger partial charge in [-0.05, 0) is 69.4 Å². The molecule has 0 bridgehead atoms. The third kappa shape index (κ3) is 9.01. The molecule has 4 rings (SSSR count). The van der Waals surface area contributed by atoms with E-state index in [1.807, 2.05) is 61.2 Å². The third-order valence-corrected chi connectivity index (χ3v) is 7.01. The fraction of sp³-hybridized carbons (Fsp3) is 0.344. The summed E-state index contributed by atoms with van der Waals surface area (Å²) in [6.45, 7) is 6.21. The van der Waals surface area contributed by atoms with E-state index in [-0.39, 0.29) is 11.8 Å². The number of likely N-dealkylation sites (N-methyl/N-ethyl adjacent to an activating group) is 1. The fourth-order valence-electron chi connectivity index (χ4n) is 4.68. The summed E-state index contributed by atoms with van der Waals surface area (Å²) in [5.74, 6) is -0.102. The summed E-state index contributed by atoms with van der Waals surface area (Å²) in [4.78, 5) is 52.4. The van der Waals surface area contributed by atoms with Gasteiger partial charge in [0.2, 0.25) is 17.8 Å². The Morgan fingerprint density at radius 2 is 1.82 bits per heavy atom. The fourth-order valence-corrected chi connectivity index (χ4v) is 4.68. The number of anilines is 5. The quantitative estimate of drug-likeness (QED) is 0.229. The van der Waals surface area contributed by atoms with Gasteiger partial charge in [-0.3, -0.25) is 14.4 Å². The largest absolute Gasteiger partial charge is 0.370 e. The lowest BCUT2D eigenvalue weighted by atomic mass is 10.2. The number of hydrogen-bond acceptors (Lipinski definition) is 9. The molecular weight excluding hydrogens is 558 g/mol. The second kappa shape index (κ2) is 15.5. The molecule has 0 unspecified atom stereocenters. The van der Waals surface area contributed by atoms with Gasteiger partial charge in [0.1, 0.15) is 11.4 Å². The predicted octanol–water partition coefficient (Wildman–Crippen LogP) is 3.55. The highest BCUT2D eigenvalue weighted by Crippen LogP contribution is 2.24. The number of hydrogen-bond donors (Lipinski definition) is 4. The molecule has 1 aliphatic rings. The minimum Gasteiger partial charge on any atom is -0.370 e. The first kappa shape index (κ1) is 32.0. The van der Waals surface area contributed by atoms with E-state index >= 15 is 0 Å². The van der Waals surface area contributed by atoms with Crippen LogP contribution in [0, 0.1) is 0 Å². The molecule has 1 fully saturated rings. The Labute approximate surface area is 258 Å². The SMILES string of the molecule is CCCNc1nc(Nc2ccc(C(N)=O)cc2)ncc1C(=O)Nc1cccc(N2CCCN(C(=O)/C=C/CN(C)C)CC2)c1. The molecule has 0 atom stereocenters. The number of aromatic nitrogens is 2. The molecule has 12 nitrogen and oxygen atoms in total. The van der Waals surface area contributed by atoms with Gasteiger partial charge < -0.3 is 36.4 Å². The van der Waals surface area contributed by atoms with Crippen molar-refractivity contribution in [2.24, 2.45) is 5.73 Å². The normalized spacial score (nSPS) is 13.5. The molecule has 2 heterocycles. The number of primary amides is 1. The predicted molar refractivity (Wildman–Crippen MR) is 175 cm³/mol. The van der Waals surface area contributed by atoms with Crippen LogP contribution >= 0.6 is 0 Å².